The number of hydrogen-bond acceptors (Lipinski definition) is 3. The van der Waals surface area contributed by atoms with Crippen LogP contribution >= 0.6 is 12.6 Å². The van der Waals surface area contributed by atoms with Crippen LogP contribution < -0.4 is 16.6 Å². The second-order valence-electron chi connectivity index (χ2n) is 0.863. The molecule has 0 saturated carbocycles. The number of hydrazine groups is 1. The third-order valence-electron chi connectivity index (χ3n) is 0.342. The summed E-state index contributed by atoms with van der Waals surface area (Å²) in [4.78, 5) is 9.86. The highest BCUT2D eigenvalue weighted by atomic mass is 32.1. The Morgan fingerprint density at radius 1 is 1.86 bits per heavy atom. The second-order valence-corrected chi connectivity index (χ2v) is 1.27. The maximum atomic E-state index is 9.86. The van der Waals surface area contributed by atoms with Crippen molar-refractivity contribution in [3.63, 3.8) is 0 Å². The van der Waals surface area contributed by atoms with Gasteiger partial charge >= 0.3 is 0 Å². The maximum Gasteiger partial charge on any atom is 0.277 e. The van der Waals surface area contributed by atoms with Gasteiger partial charge in [0.15, 0.2) is 0 Å². The van der Waals surface area contributed by atoms with Crippen LogP contribution in [0, 0.1) is 0 Å². The number of carbonyl (C=O) groups excluding carboxylic acids is 1. The Kier molecular flexibility index (Phi) is 3.77. The molecule has 0 radical (unpaired) electrons. The SMILES string of the molecule is NNCNC(=O)S. The molecule has 0 fully saturated rings. The molecule has 0 aromatic rings. The minimum absolute atomic E-state index is 0.252. The lowest BCUT2D eigenvalue weighted by atomic mass is 11.1. The van der Waals surface area contributed by atoms with Crippen LogP contribution in [0.2, 0.25) is 0 Å². The summed E-state index contributed by atoms with van der Waals surface area (Å²) in [6, 6.07) is 0. The fraction of sp³-hybridized carbons (Fsp3) is 0.500. The molecule has 0 saturated heterocycles. The van der Waals surface area contributed by atoms with Gasteiger partial charge in [0.1, 0.15) is 0 Å². The highest BCUT2D eigenvalue weighted by molar-refractivity contribution is 7.96. The Hall–Kier alpha value is -0.260. The zero-order valence-corrected chi connectivity index (χ0v) is 4.53. The maximum absolute atomic E-state index is 9.86. The molecule has 0 heterocycles. The number of amides is 1. The molecule has 7 heavy (non-hydrogen) atoms. The first-order valence-electron chi connectivity index (χ1n) is 1.67. The molecular formula is C2H7N3OS. The Morgan fingerprint density at radius 3 is 2.57 bits per heavy atom. The molecule has 1 amide bonds. The molecule has 0 rings (SSSR count). The molecule has 0 aromatic heterocycles. The predicted octanol–water partition coefficient (Wildman–Crippen LogP) is -0.953. The Balaban J connectivity index is 2.82. The van der Waals surface area contributed by atoms with E-state index in [4.69, 9.17) is 5.84 Å². The molecule has 0 spiro atoms. The van der Waals surface area contributed by atoms with E-state index >= 15 is 0 Å². The largest absolute Gasteiger partial charge is 0.333 e. The number of nitrogens with one attached hydrogen (secondary N) is 2. The number of hydrogen-bond donors (Lipinski definition) is 4. The smallest absolute Gasteiger partial charge is 0.277 e. The van der Waals surface area contributed by atoms with Crippen molar-refractivity contribution in [3.8, 4) is 0 Å². The molecule has 42 valence electrons. The average molecular weight is 121 g/mol. The van der Waals surface area contributed by atoms with Gasteiger partial charge in [0.2, 0.25) is 0 Å². The second kappa shape index (κ2) is 3.91. The van der Waals surface area contributed by atoms with Crippen molar-refractivity contribution in [1.29, 1.82) is 0 Å². The topological polar surface area (TPSA) is 67.2 Å². The van der Waals surface area contributed by atoms with Gasteiger partial charge in [-0.2, -0.15) is 0 Å². The average Bonchev–Trinajstić information content (AvgIpc) is 1.61. The zero-order chi connectivity index (χ0) is 5.70. The van der Waals surface area contributed by atoms with Crippen LogP contribution in [-0.2, 0) is 0 Å². The van der Waals surface area contributed by atoms with E-state index < -0.39 is 5.24 Å². The molecule has 0 aliphatic carbocycles. The summed E-state index contributed by atoms with van der Waals surface area (Å²) >= 11 is 3.39. The van der Waals surface area contributed by atoms with Crippen LogP contribution in [0.5, 0.6) is 0 Å². The summed E-state index contributed by atoms with van der Waals surface area (Å²) in [7, 11) is 0. The van der Waals surface area contributed by atoms with Crippen molar-refractivity contribution in [2.24, 2.45) is 5.84 Å². The fourth-order valence-electron chi connectivity index (χ4n) is 0.127. The van der Waals surface area contributed by atoms with Crippen molar-refractivity contribution in [2.75, 3.05) is 6.67 Å². The summed E-state index contributed by atoms with van der Waals surface area (Å²) < 4.78 is 0. The number of carbonyl (C=O) groups is 1. The van der Waals surface area contributed by atoms with Crippen molar-refractivity contribution in [3.05, 3.63) is 0 Å². The lowest BCUT2D eigenvalue weighted by molar-refractivity contribution is 0.260. The first-order valence-corrected chi connectivity index (χ1v) is 2.12. The van der Waals surface area contributed by atoms with Crippen LogP contribution in [0.15, 0.2) is 0 Å². The van der Waals surface area contributed by atoms with E-state index in [0.717, 1.165) is 0 Å². The van der Waals surface area contributed by atoms with E-state index in [0.29, 0.717) is 0 Å². The molecule has 0 atom stereocenters. The van der Waals surface area contributed by atoms with Gasteiger partial charge in [-0.25, -0.2) is 5.43 Å². The Bertz CT molecular complexity index is 66.0. The standard InChI is InChI=1S/C2H7N3OS/c3-5-1-4-2(6)7/h5H,1,3H2,(H2,4,6,7). The first kappa shape index (κ1) is 6.74. The molecule has 0 aliphatic heterocycles. The fourth-order valence-corrected chi connectivity index (χ4v) is 0.206. The highest BCUT2D eigenvalue weighted by Crippen LogP contribution is 1.69. The molecular weight excluding hydrogens is 114 g/mol. The van der Waals surface area contributed by atoms with Gasteiger partial charge in [0.25, 0.3) is 5.24 Å². The van der Waals surface area contributed by atoms with Crippen LogP contribution in [0.25, 0.3) is 0 Å². The Labute approximate surface area is 46.8 Å². The van der Waals surface area contributed by atoms with Gasteiger partial charge in [-0.15, -0.1) is 0 Å². The lowest BCUT2D eigenvalue weighted by Gasteiger charge is -1.94. The molecule has 0 aliphatic rings. The normalized spacial score (nSPS) is 8.29. The summed E-state index contributed by atoms with van der Waals surface area (Å²) in [6.07, 6.45) is 0. The third-order valence-corrected chi connectivity index (χ3v) is 0.500. The van der Waals surface area contributed by atoms with Crippen molar-refractivity contribution in [2.45, 2.75) is 0 Å². The van der Waals surface area contributed by atoms with E-state index in [2.05, 4.69) is 23.4 Å². The summed E-state index contributed by atoms with van der Waals surface area (Å²) in [5.74, 6) is 4.78. The van der Waals surface area contributed by atoms with Crippen molar-refractivity contribution >= 4 is 17.9 Å². The van der Waals surface area contributed by atoms with Crippen LogP contribution in [0.1, 0.15) is 0 Å². The number of rotatable bonds is 2. The zero-order valence-electron chi connectivity index (χ0n) is 3.64. The van der Waals surface area contributed by atoms with Gasteiger partial charge < -0.3 is 5.32 Å². The minimum atomic E-state index is -0.391. The van der Waals surface area contributed by atoms with Crippen molar-refractivity contribution in [1.82, 2.24) is 10.7 Å². The van der Waals surface area contributed by atoms with Gasteiger partial charge in [-0.1, -0.05) is 12.6 Å². The van der Waals surface area contributed by atoms with E-state index in [1.807, 2.05) is 0 Å². The predicted molar refractivity (Wildman–Crippen MR) is 29.7 cm³/mol. The van der Waals surface area contributed by atoms with Crippen LogP contribution in [-0.4, -0.2) is 11.9 Å². The van der Waals surface area contributed by atoms with Gasteiger partial charge in [-0.05, 0) is 0 Å². The summed E-state index contributed by atoms with van der Waals surface area (Å²) in [5, 5.41) is 1.89. The van der Waals surface area contributed by atoms with E-state index in [9.17, 15) is 4.79 Å². The number of nitrogens with two attached hydrogens (primary N) is 1. The minimum Gasteiger partial charge on any atom is -0.333 e. The quantitative estimate of drug-likeness (QED) is 0.165. The van der Waals surface area contributed by atoms with E-state index in [1.165, 1.54) is 0 Å². The third kappa shape index (κ3) is 5.74. The molecule has 0 aromatic carbocycles. The van der Waals surface area contributed by atoms with Crippen LogP contribution in [0.3, 0.4) is 0 Å². The monoisotopic (exact) mass is 121 g/mol. The van der Waals surface area contributed by atoms with E-state index in [-0.39, 0.29) is 6.67 Å². The van der Waals surface area contributed by atoms with Crippen molar-refractivity contribution < 1.29 is 4.79 Å². The van der Waals surface area contributed by atoms with Gasteiger partial charge in [-0.3, -0.25) is 10.6 Å². The molecule has 0 unspecified atom stereocenters. The summed E-state index contributed by atoms with van der Waals surface area (Å²) in [6.45, 7) is 0.252. The summed E-state index contributed by atoms with van der Waals surface area (Å²) in [5.41, 5.74) is 2.22. The Morgan fingerprint density at radius 2 is 2.43 bits per heavy atom. The van der Waals surface area contributed by atoms with E-state index in [1.54, 1.807) is 0 Å². The first-order chi connectivity index (χ1) is 3.27. The van der Waals surface area contributed by atoms with Gasteiger partial charge in [0.05, 0.1) is 6.67 Å². The lowest BCUT2D eigenvalue weighted by Crippen LogP contribution is -2.34. The number of thiol groups is 1. The molecule has 5 heteroatoms. The van der Waals surface area contributed by atoms with Gasteiger partial charge in [0, 0.05) is 0 Å². The molecule has 0 bridgehead atoms. The highest BCUT2D eigenvalue weighted by Gasteiger charge is 1.83. The van der Waals surface area contributed by atoms with Crippen LogP contribution in [0.4, 0.5) is 4.79 Å². The molecule has 4 nitrogen and oxygen atoms in total. The molecule has 4 N–H and O–H groups in total.